The van der Waals surface area contributed by atoms with Crippen LogP contribution in [0.3, 0.4) is 0 Å². The lowest BCUT2D eigenvalue weighted by molar-refractivity contribution is -0.131. The van der Waals surface area contributed by atoms with Gasteiger partial charge in [-0.05, 0) is 36.6 Å². The Labute approximate surface area is 163 Å². The van der Waals surface area contributed by atoms with Crippen molar-refractivity contribution in [1.29, 1.82) is 0 Å². The maximum absolute atomic E-state index is 12.7. The van der Waals surface area contributed by atoms with Gasteiger partial charge in [-0.25, -0.2) is 0 Å². The van der Waals surface area contributed by atoms with Crippen molar-refractivity contribution in [3.63, 3.8) is 0 Å². The van der Waals surface area contributed by atoms with Crippen LogP contribution < -0.4 is 0 Å². The zero-order valence-corrected chi connectivity index (χ0v) is 15.9. The second-order valence-electron chi connectivity index (χ2n) is 7.26. The van der Waals surface area contributed by atoms with Crippen LogP contribution in [0.5, 0.6) is 5.75 Å². The molecule has 28 heavy (non-hydrogen) atoms. The van der Waals surface area contributed by atoms with Crippen molar-refractivity contribution in [2.24, 2.45) is 7.05 Å². The van der Waals surface area contributed by atoms with Gasteiger partial charge in [-0.1, -0.05) is 12.1 Å². The minimum Gasteiger partial charge on any atom is -0.508 e. The smallest absolute Gasteiger partial charge is 0.227 e. The summed E-state index contributed by atoms with van der Waals surface area (Å²) in [6.07, 6.45) is 5.87. The first-order valence-electron chi connectivity index (χ1n) is 9.51. The van der Waals surface area contributed by atoms with E-state index in [2.05, 4.69) is 15.3 Å². The predicted molar refractivity (Wildman–Crippen MR) is 103 cm³/mol. The lowest BCUT2D eigenvalue weighted by Gasteiger charge is -2.32. The summed E-state index contributed by atoms with van der Waals surface area (Å²) >= 11 is 0. The van der Waals surface area contributed by atoms with E-state index >= 15 is 0 Å². The van der Waals surface area contributed by atoms with E-state index in [4.69, 9.17) is 0 Å². The Morgan fingerprint density at radius 3 is 2.96 bits per heavy atom. The molecule has 3 heterocycles. The summed E-state index contributed by atoms with van der Waals surface area (Å²) in [6.45, 7) is 1.97. The van der Waals surface area contributed by atoms with Crippen molar-refractivity contribution in [1.82, 2.24) is 29.4 Å². The number of amides is 1. The second-order valence-corrected chi connectivity index (χ2v) is 7.26. The molecule has 0 aliphatic carbocycles. The molecule has 0 saturated carbocycles. The van der Waals surface area contributed by atoms with E-state index < -0.39 is 0 Å². The van der Waals surface area contributed by atoms with Crippen molar-refractivity contribution >= 4 is 5.91 Å². The summed E-state index contributed by atoms with van der Waals surface area (Å²) in [4.78, 5) is 14.7. The van der Waals surface area contributed by atoms with Crippen LogP contribution in [0.2, 0.25) is 0 Å². The molecule has 8 heteroatoms. The zero-order chi connectivity index (χ0) is 19.5. The van der Waals surface area contributed by atoms with E-state index in [1.54, 1.807) is 24.4 Å². The van der Waals surface area contributed by atoms with Crippen molar-refractivity contribution in [3.8, 4) is 5.75 Å². The number of rotatable bonds is 5. The highest BCUT2D eigenvalue weighted by atomic mass is 16.3. The molecule has 0 bridgehead atoms. The van der Waals surface area contributed by atoms with Gasteiger partial charge in [0.15, 0.2) is 5.82 Å². The van der Waals surface area contributed by atoms with E-state index in [1.165, 1.54) is 0 Å². The molecule has 1 atom stereocenters. The molecule has 3 aromatic rings. The largest absolute Gasteiger partial charge is 0.508 e. The standard InChI is InChI=1S/C20H24N6O2/c1-24-18(14-26-10-4-8-21-26)22-23-20(24)16-6-3-9-25(13-16)19(28)12-15-5-2-7-17(27)11-15/h2,4-5,7-8,10-11,16,27H,3,6,9,12-14H2,1H3/t16-/m1/s1. The lowest BCUT2D eigenvalue weighted by Crippen LogP contribution is -2.40. The van der Waals surface area contributed by atoms with Crippen LogP contribution >= 0.6 is 0 Å². The molecule has 1 aliphatic rings. The van der Waals surface area contributed by atoms with E-state index in [0.29, 0.717) is 19.5 Å². The lowest BCUT2D eigenvalue weighted by atomic mass is 9.96. The number of phenolic OH excluding ortho intramolecular Hbond substituents is 1. The highest BCUT2D eigenvalue weighted by Crippen LogP contribution is 2.26. The number of carbonyl (C=O) groups excluding carboxylic acids is 1. The van der Waals surface area contributed by atoms with Gasteiger partial charge < -0.3 is 14.6 Å². The maximum Gasteiger partial charge on any atom is 0.227 e. The number of benzene rings is 1. The molecule has 1 N–H and O–H groups in total. The Balaban J connectivity index is 1.43. The molecule has 0 unspecified atom stereocenters. The molecule has 0 radical (unpaired) electrons. The number of hydrogen-bond acceptors (Lipinski definition) is 5. The first kappa shape index (κ1) is 18.2. The van der Waals surface area contributed by atoms with Crippen LogP contribution in [0.4, 0.5) is 0 Å². The number of likely N-dealkylation sites (tertiary alicyclic amines) is 1. The summed E-state index contributed by atoms with van der Waals surface area (Å²) in [5.41, 5.74) is 0.826. The number of nitrogens with zero attached hydrogens (tertiary/aromatic N) is 6. The molecule has 2 aromatic heterocycles. The fraction of sp³-hybridized carbons (Fsp3) is 0.400. The van der Waals surface area contributed by atoms with Crippen LogP contribution in [-0.4, -0.2) is 53.5 Å². The van der Waals surface area contributed by atoms with Gasteiger partial charge in [-0.15, -0.1) is 10.2 Å². The summed E-state index contributed by atoms with van der Waals surface area (Å²) in [7, 11) is 1.97. The monoisotopic (exact) mass is 380 g/mol. The van der Waals surface area contributed by atoms with Gasteiger partial charge in [-0.3, -0.25) is 9.48 Å². The molecule has 0 spiro atoms. The molecule has 1 aliphatic heterocycles. The number of phenols is 1. The average molecular weight is 380 g/mol. The Morgan fingerprint density at radius 2 is 2.18 bits per heavy atom. The second kappa shape index (κ2) is 7.84. The first-order valence-corrected chi connectivity index (χ1v) is 9.51. The summed E-state index contributed by atoms with van der Waals surface area (Å²) in [5, 5.41) is 22.6. The van der Waals surface area contributed by atoms with Crippen molar-refractivity contribution in [2.75, 3.05) is 13.1 Å². The van der Waals surface area contributed by atoms with Gasteiger partial charge >= 0.3 is 0 Å². The molecule has 1 amide bonds. The zero-order valence-electron chi connectivity index (χ0n) is 15.9. The third-order valence-electron chi connectivity index (χ3n) is 5.27. The molecule has 1 aromatic carbocycles. The molecular formula is C20H24N6O2. The average Bonchev–Trinajstić information content (AvgIpc) is 3.33. The Bertz CT molecular complexity index is 950. The van der Waals surface area contributed by atoms with Crippen molar-refractivity contribution in [2.45, 2.75) is 31.7 Å². The van der Waals surface area contributed by atoms with Crippen molar-refractivity contribution < 1.29 is 9.90 Å². The summed E-state index contributed by atoms with van der Waals surface area (Å²) in [5.74, 6) is 2.20. The highest BCUT2D eigenvalue weighted by molar-refractivity contribution is 5.79. The van der Waals surface area contributed by atoms with E-state index in [9.17, 15) is 9.90 Å². The minimum absolute atomic E-state index is 0.0780. The third kappa shape index (κ3) is 3.90. The number of aromatic nitrogens is 5. The number of hydrogen-bond donors (Lipinski definition) is 1. The normalized spacial score (nSPS) is 17.0. The Morgan fingerprint density at radius 1 is 1.29 bits per heavy atom. The minimum atomic E-state index is 0.0780. The SMILES string of the molecule is Cn1c(Cn2cccn2)nnc1[C@@H]1CCCN(C(=O)Cc2cccc(O)c2)C1. The van der Waals surface area contributed by atoms with Gasteiger partial charge in [0.1, 0.15) is 18.1 Å². The van der Waals surface area contributed by atoms with E-state index in [1.807, 2.05) is 39.5 Å². The van der Waals surface area contributed by atoms with Gasteiger partial charge in [-0.2, -0.15) is 5.10 Å². The van der Waals surface area contributed by atoms with Gasteiger partial charge in [0.2, 0.25) is 5.91 Å². The quantitative estimate of drug-likeness (QED) is 0.728. The van der Waals surface area contributed by atoms with Gasteiger partial charge in [0.25, 0.3) is 0 Å². The van der Waals surface area contributed by atoms with Gasteiger partial charge in [0, 0.05) is 38.4 Å². The predicted octanol–water partition coefficient (Wildman–Crippen LogP) is 1.71. The topological polar surface area (TPSA) is 89.1 Å². The van der Waals surface area contributed by atoms with Crippen LogP contribution in [0.15, 0.2) is 42.7 Å². The van der Waals surface area contributed by atoms with E-state index in [-0.39, 0.29) is 17.6 Å². The van der Waals surface area contributed by atoms with E-state index in [0.717, 1.165) is 36.6 Å². The summed E-state index contributed by atoms with van der Waals surface area (Å²) in [6, 6.07) is 8.76. The number of piperidine rings is 1. The van der Waals surface area contributed by atoms with Gasteiger partial charge in [0.05, 0.1) is 6.42 Å². The number of aromatic hydroxyl groups is 1. The highest BCUT2D eigenvalue weighted by Gasteiger charge is 2.28. The molecule has 4 rings (SSSR count). The van der Waals surface area contributed by atoms with Crippen LogP contribution in [0, 0.1) is 0 Å². The fourth-order valence-corrected chi connectivity index (χ4v) is 3.77. The van der Waals surface area contributed by atoms with Crippen LogP contribution in [-0.2, 0) is 24.8 Å². The first-order chi connectivity index (χ1) is 13.6. The van der Waals surface area contributed by atoms with Crippen LogP contribution in [0.25, 0.3) is 0 Å². The fourth-order valence-electron chi connectivity index (χ4n) is 3.77. The molecule has 8 nitrogen and oxygen atoms in total. The Hall–Kier alpha value is -3.16. The Kier molecular flexibility index (Phi) is 5.10. The number of carbonyl (C=O) groups is 1. The molecule has 1 fully saturated rings. The summed E-state index contributed by atoms with van der Waals surface area (Å²) < 4.78 is 3.84. The maximum atomic E-state index is 12.7. The van der Waals surface area contributed by atoms with Crippen LogP contribution in [0.1, 0.15) is 36.0 Å². The molecule has 1 saturated heterocycles. The molecular weight excluding hydrogens is 356 g/mol. The third-order valence-corrected chi connectivity index (χ3v) is 5.27. The van der Waals surface area contributed by atoms with Crippen molar-refractivity contribution in [3.05, 3.63) is 59.9 Å². The molecule has 146 valence electrons.